The Morgan fingerprint density at radius 1 is 1.06 bits per heavy atom. The molecule has 3 rings (SSSR count). The Kier molecular flexibility index (Phi) is 8.32. The Morgan fingerprint density at radius 2 is 1.63 bits per heavy atom. The molecule has 0 spiro atoms. The fourth-order valence-electron chi connectivity index (χ4n) is 5.07. The monoisotopic (exact) mass is 500 g/mol. The molecule has 1 aromatic carbocycles. The van der Waals surface area contributed by atoms with Crippen LogP contribution >= 0.6 is 0 Å². The van der Waals surface area contributed by atoms with E-state index in [2.05, 4.69) is 39.2 Å². The first kappa shape index (κ1) is 27.6. The number of carbonyl (C=O) groups excluding carboxylic acids is 3. The Bertz CT molecular complexity index is 931. The summed E-state index contributed by atoms with van der Waals surface area (Å²) < 4.78 is 6.53. The summed E-state index contributed by atoms with van der Waals surface area (Å²) in [5.41, 5.74) is 1.60. The topological polar surface area (TPSA) is 75.7 Å². The van der Waals surface area contributed by atoms with Crippen LogP contribution in [-0.4, -0.2) is 49.1 Å². The first-order chi connectivity index (χ1) is 16.2. The maximum Gasteiger partial charge on any atom is 0.260 e. The van der Waals surface area contributed by atoms with Crippen molar-refractivity contribution in [2.75, 3.05) is 0 Å². The molecule has 1 N–H and O–H groups in total. The smallest absolute Gasteiger partial charge is 0.260 e. The van der Waals surface area contributed by atoms with Crippen LogP contribution in [0.5, 0.6) is 0 Å². The molecule has 0 aromatic heterocycles. The van der Waals surface area contributed by atoms with Crippen molar-refractivity contribution in [2.45, 2.75) is 110 Å². The lowest BCUT2D eigenvalue weighted by molar-refractivity contribution is -0.147. The van der Waals surface area contributed by atoms with Gasteiger partial charge >= 0.3 is 0 Å². The summed E-state index contributed by atoms with van der Waals surface area (Å²) in [6.07, 6.45) is 4.55. The Morgan fingerprint density at radius 3 is 2.14 bits per heavy atom. The van der Waals surface area contributed by atoms with Gasteiger partial charge in [-0.05, 0) is 57.0 Å². The minimum atomic E-state index is -2.08. The molecule has 1 saturated heterocycles. The van der Waals surface area contributed by atoms with E-state index in [9.17, 15) is 14.4 Å². The van der Waals surface area contributed by atoms with E-state index in [0.717, 1.165) is 37.7 Å². The lowest BCUT2D eigenvalue weighted by Gasteiger charge is -2.47. The minimum absolute atomic E-state index is 0.0245. The van der Waals surface area contributed by atoms with Gasteiger partial charge in [-0.15, -0.1) is 0 Å². The number of carbonyl (C=O) groups is 3. The number of nitrogens with zero attached hydrogens (tertiary/aromatic N) is 1. The van der Waals surface area contributed by atoms with Crippen LogP contribution in [0.4, 0.5) is 0 Å². The van der Waals surface area contributed by atoms with Gasteiger partial charge in [0.15, 0.2) is 8.32 Å². The SMILES string of the molecule is Cc1ccc(C(=O)N(C(=O)[C@H](C)[C@H]2NC(=O)[C@@H]2[C@@H](C)O[Si](C)(C)C(C)(C)C)C2CCCCC2)cc1. The standard InChI is InChI=1S/C28H44N2O4Si/c1-18-14-16-21(17-15-18)27(33)30(22-12-10-9-11-13-22)26(32)19(2)24-23(25(31)29-24)20(3)34-35(7,8)28(4,5)6/h14-17,19-20,22-24H,9-13H2,1-8H3,(H,29,31)/t19-,20-,23-,24-/m1/s1. The molecule has 1 aromatic rings. The predicted octanol–water partition coefficient (Wildman–Crippen LogP) is 5.46. The third-order valence-corrected chi connectivity index (χ3v) is 13.0. The number of benzene rings is 1. The molecule has 0 radical (unpaired) electrons. The number of nitrogens with one attached hydrogen (secondary N) is 1. The summed E-state index contributed by atoms with van der Waals surface area (Å²) in [6.45, 7) is 16.6. The zero-order chi connectivity index (χ0) is 26.1. The molecule has 6 nitrogen and oxygen atoms in total. The van der Waals surface area contributed by atoms with Crippen LogP contribution in [0.25, 0.3) is 0 Å². The third kappa shape index (κ3) is 5.88. The molecule has 0 bridgehead atoms. The van der Waals surface area contributed by atoms with Gasteiger partial charge in [-0.25, -0.2) is 0 Å². The number of amides is 3. The average molecular weight is 501 g/mol. The number of hydrogen-bond donors (Lipinski definition) is 1. The Labute approximate surface area is 212 Å². The van der Waals surface area contributed by atoms with Crippen molar-refractivity contribution in [1.82, 2.24) is 10.2 Å². The molecule has 1 heterocycles. The van der Waals surface area contributed by atoms with Gasteiger partial charge in [0.2, 0.25) is 11.8 Å². The van der Waals surface area contributed by atoms with Crippen LogP contribution in [-0.2, 0) is 14.0 Å². The van der Waals surface area contributed by atoms with Crippen molar-refractivity contribution in [3.05, 3.63) is 35.4 Å². The van der Waals surface area contributed by atoms with Crippen molar-refractivity contribution >= 4 is 26.0 Å². The molecule has 0 unspecified atom stereocenters. The van der Waals surface area contributed by atoms with Crippen molar-refractivity contribution in [3.8, 4) is 0 Å². The van der Waals surface area contributed by atoms with Crippen LogP contribution < -0.4 is 5.32 Å². The number of aryl methyl sites for hydroxylation is 1. The highest BCUT2D eigenvalue weighted by atomic mass is 28.4. The minimum Gasteiger partial charge on any atom is -0.413 e. The lowest BCUT2D eigenvalue weighted by atomic mass is 9.78. The number of imide groups is 1. The largest absolute Gasteiger partial charge is 0.413 e. The maximum absolute atomic E-state index is 13.9. The molecule has 35 heavy (non-hydrogen) atoms. The van der Waals surface area contributed by atoms with Gasteiger partial charge in [-0.1, -0.05) is 64.7 Å². The molecule has 1 aliphatic heterocycles. The first-order valence-electron chi connectivity index (χ1n) is 13.2. The van der Waals surface area contributed by atoms with Crippen LogP contribution in [0, 0.1) is 18.8 Å². The second kappa shape index (κ2) is 10.6. The third-order valence-electron chi connectivity index (χ3n) is 8.41. The Hall–Kier alpha value is -1.99. The molecule has 2 aliphatic rings. The van der Waals surface area contributed by atoms with Crippen molar-refractivity contribution < 1.29 is 18.8 Å². The van der Waals surface area contributed by atoms with Crippen LogP contribution in [0.2, 0.25) is 18.1 Å². The molecular weight excluding hydrogens is 456 g/mol. The second-order valence-electron chi connectivity index (χ2n) is 12.1. The van der Waals surface area contributed by atoms with Gasteiger partial charge in [-0.2, -0.15) is 0 Å². The van der Waals surface area contributed by atoms with E-state index in [4.69, 9.17) is 4.43 Å². The lowest BCUT2D eigenvalue weighted by Crippen LogP contribution is -2.68. The highest BCUT2D eigenvalue weighted by Crippen LogP contribution is 2.40. The molecule has 2 fully saturated rings. The molecule has 7 heteroatoms. The van der Waals surface area contributed by atoms with Crippen LogP contribution in [0.15, 0.2) is 24.3 Å². The summed E-state index contributed by atoms with van der Waals surface area (Å²) in [5, 5.41) is 2.99. The molecular formula is C28H44N2O4Si. The van der Waals surface area contributed by atoms with E-state index in [-0.39, 0.29) is 40.9 Å². The first-order valence-corrected chi connectivity index (χ1v) is 16.1. The van der Waals surface area contributed by atoms with Gasteiger partial charge in [-0.3, -0.25) is 19.3 Å². The van der Waals surface area contributed by atoms with Gasteiger partial charge in [0.25, 0.3) is 5.91 Å². The molecule has 3 amide bonds. The van der Waals surface area contributed by atoms with Gasteiger partial charge < -0.3 is 9.74 Å². The fourth-order valence-corrected chi connectivity index (χ4v) is 6.50. The summed E-state index contributed by atoms with van der Waals surface area (Å²) in [5.74, 6) is -1.42. The number of β-lactam (4-membered cyclic amide) rings is 1. The predicted molar refractivity (Wildman–Crippen MR) is 142 cm³/mol. The number of rotatable bonds is 7. The molecule has 4 atom stereocenters. The van der Waals surface area contributed by atoms with Crippen LogP contribution in [0.3, 0.4) is 0 Å². The molecule has 1 aliphatic carbocycles. The highest BCUT2D eigenvalue weighted by Gasteiger charge is 2.51. The zero-order valence-corrected chi connectivity index (χ0v) is 23.8. The zero-order valence-electron chi connectivity index (χ0n) is 22.8. The normalized spacial score (nSPS) is 23.1. The Balaban J connectivity index is 1.82. The second-order valence-corrected chi connectivity index (χ2v) is 16.9. The van der Waals surface area contributed by atoms with Gasteiger partial charge in [0.05, 0.1) is 24.0 Å². The van der Waals surface area contributed by atoms with Gasteiger partial charge in [0.1, 0.15) is 0 Å². The van der Waals surface area contributed by atoms with Crippen LogP contribution in [0.1, 0.15) is 82.6 Å². The summed E-state index contributed by atoms with van der Waals surface area (Å²) in [7, 11) is -2.08. The maximum atomic E-state index is 13.9. The summed E-state index contributed by atoms with van der Waals surface area (Å²) in [6, 6.07) is 6.97. The number of hydrogen-bond acceptors (Lipinski definition) is 4. The van der Waals surface area contributed by atoms with E-state index >= 15 is 0 Å². The highest BCUT2D eigenvalue weighted by molar-refractivity contribution is 6.74. The molecule has 1 saturated carbocycles. The van der Waals surface area contributed by atoms with E-state index in [0.29, 0.717) is 5.56 Å². The average Bonchev–Trinajstić information content (AvgIpc) is 2.76. The van der Waals surface area contributed by atoms with E-state index < -0.39 is 20.2 Å². The molecule has 194 valence electrons. The summed E-state index contributed by atoms with van der Waals surface area (Å²) in [4.78, 5) is 41.7. The van der Waals surface area contributed by atoms with Crippen molar-refractivity contribution in [2.24, 2.45) is 11.8 Å². The fraction of sp³-hybridized carbons (Fsp3) is 0.679. The van der Waals surface area contributed by atoms with E-state index in [1.165, 1.54) is 4.90 Å². The summed E-state index contributed by atoms with van der Waals surface area (Å²) >= 11 is 0. The quantitative estimate of drug-likeness (QED) is 0.399. The van der Waals surface area contributed by atoms with Crippen molar-refractivity contribution in [3.63, 3.8) is 0 Å². The van der Waals surface area contributed by atoms with Crippen molar-refractivity contribution in [1.29, 1.82) is 0 Å². The van der Waals surface area contributed by atoms with Gasteiger partial charge in [0, 0.05) is 11.6 Å². The van der Waals surface area contributed by atoms with E-state index in [1.807, 2.05) is 32.9 Å². The van der Waals surface area contributed by atoms with E-state index in [1.54, 1.807) is 12.1 Å².